The van der Waals surface area contributed by atoms with E-state index in [1.807, 2.05) is 0 Å². The fraction of sp³-hybridized carbons (Fsp3) is 0.333. The minimum absolute atomic E-state index is 0. The summed E-state index contributed by atoms with van der Waals surface area (Å²) in [6.45, 7) is 12.6. The van der Waals surface area contributed by atoms with Gasteiger partial charge in [0, 0.05) is 48.1 Å². The first-order chi connectivity index (χ1) is 16.3. The van der Waals surface area contributed by atoms with E-state index >= 15 is 0 Å². The largest absolute Gasteiger partial charge is 0.369 e. The van der Waals surface area contributed by atoms with Crippen molar-refractivity contribution in [3.8, 4) is 22.3 Å². The highest BCUT2D eigenvalue weighted by atomic mass is 35.5. The first kappa shape index (κ1) is 27.8. The Balaban J connectivity index is 0.00000180. The topological polar surface area (TPSA) is 48.8 Å². The van der Waals surface area contributed by atoms with Crippen LogP contribution in [0.25, 0.3) is 22.3 Å². The van der Waals surface area contributed by atoms with E-state index < -0.39 is 0 Å². The molecule has 0 radical (unpaired) electrons. The molecule has 0 atom stereocenters. The highest BCUT2D eigenvalue weighted by molar-refractivity contribution is 6.01. The zero-order chi connectivity index (χ0) is 23.8. The number of aliphatic imine (C=N–C) groups is 2. The van der Waals surface area contributed by atoms with E-state index in [9.17, 15) is 0 Å². The molecule has 0 aromatic heterocycles. The van der Waals surface area contributed by atoms with Crippen molar-refractivity contribution in [1.29, 1.82) is 0 Å². The quantitative estimate of drug-likeness (QED) is 0.404. The maximum atomic E-state index is 4.80. The number of nitrogens with zero attached hydrogens (tertiary/aromatic N) is 2. The molecule has 0 aliphatic carbocycles. The van der Waals surface area contributed by atoms with Gasteiger partial charge in [-0.3, -0.25) is 9.98 Å². The average molecular weight is 524 g/mol. The zero-order valence-electron chi connectivity index (χ0n) is 21.5. The average Bonchev–Trinajstić information content (AvgIpc) is 2.84. The van der Waals surface area contributed by atoms with Crippen LogP contribution in [0.15, 0.2) is 82.8 Å². The lowest BCUT2D eigenvalue weighted by Crippen LogP contribution is -2.41. The van der Waals surface area contributed by atoms with Gasteiger partial charge in [-0.2, -0.15) is 0 Å². The van der Waals surface area contributed by atoms with E-state index in [1.54, 1.807) is 0 Å². The van der Waals surface area contributed by atoms with Gasteiger partial charge in [-0.15, -0.1) is 24.8 Å². The minimum Gasteiger partial charge on any atom is -0.369 e. The number of halogens is 2. The van der Waals surface area contributed by atoms with E-state index in [-0.39, 0.29) is 35.6 Å². The number of nitrogens with one attached hydrogen (secondary N) is 2. The first-order valence-electron chi connectivity index (χ1n) is 12.2. The van der Waals surface area contributed by atoms with Gasteiger partial charge in [0.25, 0.3) is 0 Å². The maximum absolute atomic E-state index is 4.80. The highest BCUT2D eigenvalue weighted by Crippen LogP contribution is 2.29. The van der Waals surface area contributed by atoms with Crippen molar-refractivity contribution in [2.24, 2.45) is 20.8 Å². The molecule has 5 rings (SSSR count). The molecular formula is C30H36Cl2N4. The lowest BCUT2D eigenvalue weighted by molar-refractivity contribution is 0.362. The third kappa shape index (κ3) is 6.29. The molecule has 0 unspecified atom stereocenters. The van der Waals surface area contributed by atoms with Gasteiger partial charge in [0.1, 0.15) is 11.7 Å². The molecule has 36 heavy (non-hydrogen) atoms. The van der Waals surface area contributed by atoms with Crippen molar-refractivity contribution in [2.75, 3.05) is 26.2 Å². The summed E-state index contributed by atoms with van der Waals surface area (Å²) in [7, 11) is 0. The Labute approximate surface area is 227 Å². The van der Waals surface area contributed by atoms with Gasteiger partial charge in [0.15, 0.2) is 0 Å². The summed E-state index contributed by atoms with van der Waals surface area (Å²) in [5.74, 6) is 1.99. The van der Waals surface area contributed by atoms with Crippen molar-refractivity contribution < 1.29 is 0 Å². The Bertz CT molecular complexity index is 1180. The van der Waals surface area contributed by atoms with Gasteiger partial charge < -0.3 is 10.6 Å². The van der Waals surface area contributed by atoms with Crippen LogP contribution in [0, 0.1) is 10.8 Å². The summed E-state index contributed by atoms with van der Waals surface area (Å²) < 4.78 is 0. The fourth-order valence-electron chi connectivity index (χ4n) is 4.41. The van der Waals surface area contributed by atoms with Crippen molar-refractivity contribution in [2.45, 2.75) is 27.7 Å². The second-order valence-corrected chi connectivity index (χ2v) is 11.1. The lowest BCUT2D eigenvalue weighted by Gasteiger charge is -2.29. The molecular weight excluding hydrogens is 487 g/mol. The number of amidine groups is 2. The Hall–Kier alpha value is -2.82. The first-order valence-corrected chi connectivity index (χ1v) is 12.2. The Kier molecular flexibility index (Phi) is 8.53. The van der Waals surface area contributed by atoms with E-state index in [0.717, 1.165) is 49.0 Å². The van der Waals surface area contributed by atoms with E-state index in [0.29, 0.717) is 0 Å². The molecule has 190 valence electrons. The summed E-state index contributed by atoms with van der Waals surface area (Å²) in [5, 5.41) is 7.03. The molecule has 4 nitrogen and oxygen atoms in total. The van der Waals surface area contributed by atoms with Gasteiger partial charge in [0.2, 0.25) is 0 Å². The SMILES string of the molecule is CC1(C)CN=C(c2cccc(-c3cccc(-c4cccc(C5=NCC(C)(C)CN5)c4)c3)c2)NC1.Cl.Cl. The second-order valence-electron chi connectivity index (χ2n) is 11.1. The summed E-state index contributed by atoms with van der Waals surface area (Å²) in [6, 6.07) is 26.1. The van der Waals surface area contributed by atoms with Gasteiger partial charge in [-0.1, -0.05) is 82.3 Å². The molecule has 0 saturated heterocycles. The van der Waals surface area contributed by atoms with Gasteiger partial charge in [-0.25, -0.2) is 0 Å². The Morgan fingerprint density at radius 3 is 1.14 bits per heavy atom. The summed E-state index contributed by atoms with van der Waals surface area (Å²) in [5.41, 5.74) is 7.51. The van der Waals surface area contributed by atoms with Crippen molar-refractivity contribution in [1.82, 2.24) is 10.6 Å². The van der Waals surface area contributed by atoms with Crippen molar-refractivity contribution in [3.05, 3.63) is 83.9 Å². The van der Waals surface area contributed by atoms with E-state index in [2.05, 4.69) is 111 Å². The van der Waals surface area contributed by atoms with Crippen LogP contribution in [0.5, 0.6) is 0 Å². The van der Waals surface area contributed by atoms with Crippen LogP contribution in [0.1, 0.15) is 38.8 Å². The van der Waals surface area contributed by atoms with Crippen LogP contribution < -0.4 is 10.6 Å². The molecule has 2 aliphatic rings. The summed E-state index contributed by atoms with van der Waals surface area (Å²) in [4.78, 5) is 9.61. The monoisotopic (exact) mass is 522 g/mol. The Morgan fingerprint density at radius 2 is 0.833 bits per heavy atom. The normalized spacial score (nSPS) is 17.8. The smallest absolute Gasteiger partial charge is 0.128 e. The van der Waals surface area contributed by atoms with Crippen molar-refractivity contribution >= 4 is 36.5 Å². The van der Waals surface area contributed by atoms with Crippen LogP contribution >= 0.6 is 24.8 Å². The molecule has 0 fully saturated rings. The Morgan fingerprint density at radius 1 is 0.528 bits per heavy atom. The molecule has 2 N–H and O–H groups in total. The van der Waals surface area contributed by atoms with Gasteiger partial charge in [0.05, 0.1) is 0 Å². The summed E-state index contributed by atoms with van der Waals surface area (Å²) >= 11 is 0. The van der Waals surface area contributed by atoms with Crippen LogP contribution in [0.4, 0.5) is 0 Å². The third-order valence-corrected chi connectivity index (χ3v) is 6.60. The fourth-order valence-corrected chi connectivity index (χ4v) is 4.41. The van der Waals surface area contributed by atoms with Crippen molar-refractivity contribution in [3.63, 3.8) is 0 Å². The molecule has 2 heterocycles. The molecule has 2 aliphatic heterocycles. The predicted molar refractivity (Wildman–Crippen MR) is 158 cm³/mol. The van der Waals surface area contributed by atoms with Gasteiger partial charge in [-0.05, 0) is 40.5 Å². The number of hydrogen-bond acceptors (Lipinski definition) is 4. The van der Waals surface area contributed by atoms with Gasteiger partial charge >= 0.3 is 0 Å². The molecule has 0 spiro atoms. The van der Waals surface area contributed by atoms with Crippen LogP contribution in [-0.2, 0) is 0 Å². The van der Waals surface area contributed by atoms with E-state index in [1.165, 1.54) is 22.3 Å². The zero-order valence-corrected chi connectivity index (χ0v) is 23.1. The molecule has 0 amide bonds. The molecule has 3 aromatic carbocycles. The van der Waals surface area contributed by atoms with Crippen LogP contribution in [0.2, 0.25) is 0 Å². The highest BCUT2D eigenvalue weighted by Gasteiger charge is 2.24. The number of benzene rings is 3. The van der Waals surface area contributed by atoms with Crippen LogP contribution in [-0.4, -0.2) is 37.9 Å². The predicted octanol–water partition coefficient (Wildman–Crippen LogP) is 6.62. The standard InChI is InChI=1S/C30H34N4.2ClH/c1-29(2)17-31-27(32-18-29)25-12-6-10-23(15-25)21-8-5-9-22(14-21)24-11-7-13-26(16-24)28-33-19-30(3,4)20-34-28;;/h5-16H,17-20H2,1-4H3,(H,31,32)(H,33,34);2*1H. The summed E-state index contributed by atoms with van der Waals surface area (Å²) in [6.07, 6.45) is 0. The third-order valence-electron chi connectivity index (χ3n) is 6.60. The molecule has 3 aromatic rings. The van der Waals surface area contributed by atoms with E-state index in [4.69, 9.17) is 9.98 Å². The lowest BCUT2D eigenvalue weighted by atomic mass is 9.91. The number of rotatable bonds is 4. The molecule has 0 saturated carbocycles. The maximum Gasteiger partial charge on any atom is 0.128 e. The minimum atomic E-state index is 0. The molecule has 6 heteroatoms. The van der Waals surface area contributed by atoms with Crippen LogP contribution in [0.3, 0.4) is 0 Å². The molecule has 0 bridgehead atoms. The second kappa shape index (κ2) is 11.1. The number of hydrogen-bond donors (Lipinski definition) is 2.